The first-order chi connectivity index (χ1) is 9.27. The van der Waals surface area contributed by atoms with Crippen LogP contribution in [0.2, 0.25) is 0 Å². The van der Waals surface area contributed by atoms with Gasteiger partial charge in [-0.1, -0.05) is 20.8 Å². The fourth-order valence-corrected chi connectivity index (χ4v) is 2.27. The Kier molecular flexibility index (Phi) is 4.73. The predicted molar refractivity (Wildman–Crippen MR) is 69.3 cm³/mol. The summed E-state index contributed by atoms with van der Waals surface area (Å²) in [7, 11) is 0. The molecule has 0 heterocycles. The molecule has 0 saturated carbocycles. The molecule has 0 spiro atoms. The topological polar surface area (TPSA) is 20.2 Å². The van der Waals surface area contributed by atoms with Crippen LogP contribution >= 0.6 is 0 Å². The first-order valence-corrected chi connectivity index (χ1v) is 6.51. The summed E-state index contributed by atoms with van der Waals surface area (Å²) < 4.78 is 67.8. The average molecular weight is 310 g/mol. The highest BCUT2D eigenvalue weighted by Crippen LogP contribution is 2.43. The van der Waals surface area contributed by atoms with Crippen LogP contribution in [0.15, 0.2) is 0 Å². The highest BCUT2D eigenvalue weighted by Gasteiger charge is 2.38. The number of hydrogen-bond acceptors (Lipinski definition) is 1. The number of benzene rings is 1. The number of rotatable bonds is 3. The van der Waals surface area contributed by atoms with Gasteiger partial charge in [0.1, 0.15) is 0 Å². The van der Waals surface area contributed by atoms with Crippen LogP contribution in [0.25, 0.3) is 0 Å². The molecule has 0 bridgehead atoms. The number of halogens is 5. The quantitative estimate of drug-likeness (QED) is 0.488. The zero-order chi connectivity index (χ0) is 16.7. The Labute approximate surface area is 120 Å². The normalized spacial score (nSPS) is 14.4. The fraction of sp³-hybridized carbons (Fsp3) is 0.600. The lowest BCUT2D eigenvalue weighted by atomic mass is 9.71. The summed E-state index contributed by atoms with van der Waals surface area (Å²) in [6.45, 7) is 7.67. The third-order valence-electron chi connectivity index (χ3n) is 3.34. The van der Waals surface area contributed by atoms with E-state index in [0.29, 0.717) is 0 Å². The summed E-state index contributed by atoms with van der Waals surface area (Å²) in [5, 5.41) is 9.88. The molecule has 0 aliphatic carbocycles. The van der Waals surface area contributed by atoms with Crippen molar-refractivity contribution in [3.63, 3.8) is 0 Å². The molecule has 1 rings (SSSR count). The van der Waals surface area contributed by atoms with Crippen LogP contribution in [-0.4, -0.2) is 10.7 Å². The highest BCUT2D eigenvalue weighted by molar-refractivity contribution is 5.29. The lowest BCUT2D eigenvalue weighted by Crippen LogP contribution is -2.31. The van der Waals surface area contributed by atoms with Crippen LogP contribution in [0.1, 0.15) is 52.5 Å². The van der Waals surface area contributed by atoms with E-state index >= 15 is 0 Å². The number of hydrogen-bond donors (Lipinski definition) is 1. The third-order valence-corrected chi connectivity index (χ3v) is 3.34. The van der Waals surface area contributed by atoms with Crippen LogP contribution < -0.4 is 0 Å². The molecular formula is C15H19F5O. The van der Waals surface area contributed by atoms with Gasteiger partial charge in [-0.25, -0.2) is 22.0 Å². The van der Waals surface area contributed by atoms with Crippen molar-refractivity contribution in [2.24, 2.45) is 5.41 Å². The van der Waals surface area contributed by atoms with Crippen LogP contribution in [0.3, 0.4) is 0 Å². The monoisotopic (exact) mass is 310 g/mol. The van der Waals surface area contributed by atoms with Crippen LogP contribution in [0.5, 0.6) is 0 Å². The summed E-state index contributed by atoms with van der Waals surface area (Å²) in [5.41, 5.74) is -3.00. The van der Waals surface area contributed by atoms with E-state index in [1.165, 1.54) is 13.8 Å². The number of aliphatic hydroxyl groups is 1. The molecule has 0 amide bonds. The molecule has 1 aromatic carbocycles. The van der Waals surface area contributed by atoms with Gasteiger partial charge in [-0.3, -0.25) is 0 Å². The maximum Gasteiger partial charge on any atom is 0.200 e. The molecule has 0 aromatic heterocycles. The van der Waals surface area contributed by atoms with E-state index in [1.54, 1.807) is 20.8 Å². The van der Waals surface area contributed by atoms with Gasteiger partial charge < -0.3 is 5.11 Å². The van der Waals surface area contributed by atoms with Gasteiger partial charge in [-0.2, -0.15) is 0 Å². The van der Waals surface area contributed by atoms with Gasteiger partial charge in [0.25, 0.3) is 0 Å². The van der Waals surface area contributed by atoms with Crippen molar-refractivity contribution in [3.05, 3.63) is 34.6 Å². The van der Waals surface area contributed by atoms with Crippen LogP contribution in [-0.2, 0) is 0 Å². The van der Waals surface area contributed by atoms with E-state index < -0.39 is 51.6 Å². The molecular weight excluding hydrogens is 291 g/mol. The van der Waals surface area contributed by atoms with E-state index in [4.69, 9.17) is 0 Å². The fourth-order valence-electron chi connectivity index (χ4n) is 2.27. The Balaban J connectivity index is 3.60. The van der Waals surface area contributed by atoms with Gasteiger partial charge >= 0.3 is 0 Å². The van der Waals surface area contributed by atoms with E-state index in [-0.39, 0.29) is 6.42 Å². The standard InChI is InChI=1S/C15H19F5O/c1-14(2,3)7(6-15(4,5)21)8-9(16)11(18)13(20)12(19)10(8)17/h7,21H,6H2,1-5H3. The van der Waals surface area contributed by atoms with Crippen LogP contribution in [0.4, 0.5) is 22.0 Å². The SMILES string of the molecule is CC(C)(O)CC(c1c(F)c(F)c(F)c(F)c1F)C(C)(C)C. The summed E-state index contributed by atoms with van der Waals surface area (Å²) in [6.07, 6.45) is -0.144. The third kappa shape index (κ3) is 3.73. The van der Waals surface area contributed by atoms with Crippen molar-refractivity contribution < 1.29 is 27.1 Å². The maximum atomic E-state index is 14.0. The van der Waals surface area contributed by atoms with Gasteiger partial charge in [-0.05, 0) is 31.6 Å². The average Bonchev–Trinajstić information content (AvgIpc) is 2.30. The summed E-state index contributed by atoms with van der Waals surface area (Å²) in [4.78, 5) is 0. The van der Waals surface area contributed by atoms with Crippen molar-refractivity contribution in [3.8, 4) is 0 Å². The van der Waals surface area contributed by atoms with E-state index in [9.17, 15) is 27.1 Å². The first kappa shape index (κ1) is 17.9. The lowest BCUT2D eigenvalue weighted by Gasteiger charge is -2.35. The molecule has 21 heavy (non-hydrogen) atoms. The molecule has 1 aromatic rings. The Morgan fingerprint density at radius 3 is 1.38 bits per heavy atom. The highest BCUT2D eigenvalue weighted by atomic mass is 19.2. The second-order valence-electron chi connectivity index (χ2n) is 6.92. The molecule has 120 valence electrons. The van der Waals surface area contributed by atoms with Crippen molar-refractivity contribution >= 4 is 0 Å². The first-order valence-electron chi connectivity index (χ1n) is 6.51. The zero-order valence-corrected chi connectivity index (χ0v) is 12.6. The molecule has 0 saturated heterocycles. The maximum absolute atomic E-state index is 14.0. The van der Waals surface area contributed by atoms with E-state index in [1.807, 2.05) is 0 Å². The second kappa shape index (κ2) is 5.55. The Hall–Kier alpha value is -1.17. The predicted octanol–water partition coefficient (Wildman–Crippen LogP) is 4.67. The van der Waals surface area contributed by atoms with Crippen molar-refractivity contribution in [1.29, 1.82) is 0 Å². The molecule has 0 aliphatic heterocycles. The minimum absolute atomic E-state index is 0.144. The lowest BCUT2D eigenvalue weighted by molar-refractivity contribution is 0.0462. The molecule has 0 fully saturated rings. The van der Waals surface area contributed by atoms with Crippen molar-refractivity contribution in [2.75, 3.05) is 0 Å². The largest absolute Gasteiger partial charge is 0.390 e. The Morgan fingerprint density at radius 1 is 0.762 bits per heavy atom. The van der Waals surface area contributed by atoms with Gasteiger partial charge in [0.15, 0.2) is 23.3 Å². The zero-order valence-electron chi connectivity index (χ0n) is 12.6. The summed E-state index contributed by atoms with van der Waals surface area (Å²) in [6, 6.07) is 0. The van der Waals surface area contributed by atoms with Gasteiger partial charge in [-0.15, -0.1) is 0 Å². The van der Waals surface area contributed by atoms with Gasteiger partial charge in [0.2, 0.25) is 5.82 Å². The van der Waals surface area contributed by atoms with E-state index in [0.717, 1.165) is 0 Å². The minimum atomic E-state index is -2.18. The molecule has 1 unspecified atom stereocenters. The minimum Gasteiger partial charge on any atom is -0.390 e. The van der Waals surface area contributed by atoms with E-state index in [2.05, 4.69) is 0 Å². The smallest absolute Gasteiger partial charge is 0.200 e. The van der Waals surface area contributed by atoms with Gasteiger partial charge in [0, 0.05) is 5.56 Å². The molecule has 0 aliphatic rings. The van der Waals surface area contributed by atoms with Crippen LogP contribution in [0, 0.1) is 34.5 Å². The molecule has 0 radical (unpaired) electrons. The van der Waals surface area contributed by atoms with Gasteiger partial charge in [0.05, 0.1) is 5.60 Å². The molecule has 1 nitrogen and oxygen atoms in total. The summed E-state index contributed by atoms with van der Waals surface area (Å²) >= 11 is 0. The Bertz CT molecular complexity index is 511. The second-order valence-corrected chi connectivity index (χ2v) is 6.92. The molecule has 1 atom stereocenters. The Morgan fingerprint density at radius 2 is 1.10 bits per heavy atom. The van der Waals surface area contributed by atoms with Crippen molar-refractivity contribution in [1.82, 2.24) is 0 Å². The molecule has 6 heteroatoms. The summed E-state index contributed by atoms with van der Waals surface area (Å²) in [5.74, 6) is -10.8. The molecule has 1 N–H and O–H groups in total. The van der Waals surface area contributed by atoms with Crippen molar-refractivity contribution in [2.45, 2.75) is 52.6 Å².